The molecule has 1 amide bonds. The van der Waals surface area contributed by atoms with Crippen LogP contribution in [-0.4, -0.2) is 39.1 Å². The maximum absolute atomic E-state index is 13.8. The van der Waals surface area contributed by atoms with E-state index in [2.05, 4.69) is 15.2 Å². The molecule has 0 saturated carbocycles. The third-order valence-corrected chi connectivity index (χ3v) is 5.82. The average molecular weight is 386 g/mol. The SMILES string of the molecule is O=C(CSc1n[nH]c(-c2ccccc2F)n1)N1CCSc2ccccc21. The number of anilines is 1. The van der Waals surface area contributed by atoms with Gasteiger partial charge in [-0.05, 0) is 24.3 Å². The standard InChI is InChI=1S/C18H15FN4OS2/c19-13-6-2-1-5-12(13)17-20-18(22-21-17)26-11-16(24)23-9-10-25-15-8-4-3-7-14(15)23/h1-8H,9-11H2,(H,20,21,22). The van der Waals surface area contributed by atoms with Gasteiger partial charge in [-0.15, -0.1) is 16.9 Å². The molecular formula is C18H15FN4OS2. The number of carbonyl (C=O) groups excluding carboxylic acids is 1. The molecule has 0 aliphatic carbocycles. The highest BCUT2D eigenvalue weighted by Gasteiger charge is 2.23. The zero-order valence-electron chi connectivity index (χ0n) is 13.7. The highest BCUT2D eigenvalue weighted by molar-refractivity contribution is 8.00. The first-order chi connectivity index (χ1) is 12.7. The van der Waals surface area contributed by atoms with Crippen LogP contribution in [0.4, 0.5) is 10.1 Å². The topological polar surface area (TPSA) is 61.9 Å². The van der Waals surface area contributed by atoms with E-state index in [0.717, 1.165) is 16.3 Å². The molecule has 4 rings (SSSR count). The van der Waals surface area contributed by atoms with Crippen molar-refractivity contribution in [2.45, 2.75) is 10.1 Å². The van der Waals surface area contributed by atoms with Crippen LogP contribution in [0.3, 0.4) is 0 Å². The Morgan fingerprint density at radius 1 is 1.23 bits per heavy atom. The average Bonchev–Trinajstić information content (AvgIpc) is 3.15. The van der Waals surface area contributed by atoms with Crippen molar-refractivity contribution in [1.29, 1.82) is 0 Å². The van der Waals surface area contributed by atoms with Gasteiger partial charge in [0.1, 0.15) is 5.82 Å². The number of nitrogens with one attached hydrogen (secondary N) is 1. The Kier molecular flexibility index (Phi) is 4.94. The fourth-order valence-corrected chi connectivity index (χ4v) is 4.39. The smallest absolute Gasteiger partial charge is 0.237 e. The lowest BCUT2D eigenvalue weighted by Crippen LogP contribution is -2.36. The normalized spacial score (nSPS) is 13.5. The van der Waals surface area contributed by atoms with Gasteiger partial charge >= 0.3 is 0 Å². The lowest BCUT2D eigenvalue weighted by atomic mass is 10.2. The molecule has 3 aromatic rings. The molecule has 0 radical (unpaired) electrons. The van der Waals surface area contributed by atoms with Crippen molar-refractivity contribution in [3.63, 3.8) is 0 Å². The number of aromatic amines is 1. The second-order valence-electron chi connectivity index (χ2n) is 5.60. The number of hydrogen-bond donors (Lipinski definition) is 1. The molecule has 2 aromatic carbocycles. The van der Waals surface area contributed by atoms with E-state index >= 15 is 0 Å². The molecule has 0 atom stereocenters. The Balaban J connectivity index is 1.44. The van der Waals surface area contributed by atoms with Crippen molar-refractivity contribution in [1.82, 2.24) is 15.2 Å². The number of nitrogens with zero attached hydrogens (tertiary/aromatic N) is 3. The van der Waals surface area contributed by atoms with Crippen LogP contribution >= 0.6 is 23.5 Å². The molecule has 0 unspecified atom stereocenters. The quantitative estimate of drug-likeness (QED) is 0.690. The molecule has 0 fully saturated rings. The van der Waals surface area contributed by atoms with Gasteiger partial charge in [0.2, 0.25) is 11.1 Å². The van der Waals surface area contributed by atoms with Gasteiger partial charge < -0.3 is 4.90 Å². The van der Waals surface area contributed by atoms with Crippen molar-refractivity contribution in [2.24, 2.45) is 0 Å². The van der Waals surface area contributed by atoms with E-state index in [1.807, 2.05) is 29.2 Å². The molecule has 8 heteroatoms. The van der Waals surface area contributed by atoms with Crippen LogP contribution in [0.5, 0.6) is 0 Å². The predicted octanol–water partition coefficient (Wildman–Crippen LogP) is 3.84. The molecule has 0 bridgehead atoms. The lowest BCUT2D eigenvalue weighted by molar-refractivity contribution is -0.116. The van der Waals surface area contributed by atoms with Crippen LogP contribution < -0.4 is 4.90 Å². The fourth-order valence-electron chi connectivity index (χ4n) is 2.72. The summed E-state index contributed by atoms with van der Waals surface area (Å²) in [5.74, 6) is 1.12. The minimum atomic E-state index is -0.362. The summed E-state index contributed by atoms with van der Waals surface area (Å²) < 4.78 is 13.8. The number of fused-ring (bicyclic) bond motifs is 1. The van der Waals surface area contributed by atoms with E-state index in [1.165, 1.54) is 17.8 Å². The third-order valence-electron chi connectivity index (χ3n) is 3.95. The highest BCUT2D eigenvalue weighted by Crippen LogP contribution is 2.34. The second kappa shape index (κ2) is 7.51. The molecule has 1 aliphatic rings. The first-order valence-corrected chi connectivity index (χ1v) is 10.0. The van der Waals surface area contributed by atoms with Crippen LogP contribution in [0, 0.1) is 5.82 Å². The number of benzene rings is 2. The Bertz CT molecular complexity index is 946. The molecule has 1 aromatic heterocycles. The van der Waals surface area contributed by atoms with Gasteiger partial charge in [0.15, 0.2) is 5.82 Å². The molecule has 1 N–H and O–H groups in total. The van der Waals surface area contributed by atoms with Gasteiger partial charge in [-0.3, -0.25) is 9.89 Å². The summed E-state index contributed by atoms with van der Waals surface area (Å²) in [5, 5.41) is 7.24. The maximum atomic E-state index is 13.8. The van der Waals surface area contributed by atoms with E-state index in [0.29, 0.717) is 23.1 Å². The van der Waals surface area contributed by atoms with Gasteiger partial charge in [-0.1, -0.05) is 36.0 Å². The monoisotopic (exact) mass is 386 g/mol. The van der Waals surface area contributed by atoms with Crippen molar-refractivity contribution in [3.8, 4) is 11.4 Å². The van der Waals surface area contributed by atoms with E-state index < -0.39 is 0 Å². The summed E-state index contributed by atoms with van der Waals surface area (Å²) >= 11 is 3.00. The largest absolute Gasteiger partial charge is 0.310 e. The summed E-state index contributed by atoms with van der Waals surface area (Å²) in [6, 6.07) is 14.3. The molecule has 2 heterocycles. The van der Waals surface area contributed by atoms with Crippen molar-refractivity contribution in [3.05, 3.63) is 54.3 Å². The third kappa shape index (κ3) is 3.47. The Hall–Kier alpha value is -2.32. The van der Waals surface area contributed by atoms with Gasteiger partial charge in [0.25, 0.3) is 0 Å². The van der Waals surface area contributed by atoms with Crippen LogP contribution in [0.1, 0.15) is 0 Å². The number of carbonyl (C=O) groups is 1. The summed E-state index contributed by atoms with van der Waals surface area (Å²) in [6.07, 6.45) is 0. The molecule has 132 valence electrons. The highest BCUT2D eigenvalue weighted by atomic mass is 32.2. The number of hydrogen-bond acceptors (Lipinski definition) is 5. The van der Waals surface area contributed by atoms with Crippen LogP contribution in [0.2, 0.25) is 0 Å². The second-order valence-corrected chi connectivity index (χ2v) is 7.68. The summed E-state index contributed by atoms with van der Waals surface area (Å²) in [4.78, 5) is 19.9. The fraction of sp³-hybridized carbons (Fsp3) is 0.167. The summed E-state index contributed by atoms with van der Waals surface area (Å²) in [6.45, 7) is 0.690. The number of para-hydroxylation sites is 1. The van der Waals surface area contributed by atoms with Crippen LogP contribution in [-0.2, 0) is 4.79 Å². The maximum Gasteiger partial charge on any atom is 0.237 e. The number of aromatic nitrogens is 3. The summed E-state index contributed by atoms with van der Waals surface area (Å²) in [5.41, 5.74) is 1.32. The molecule has 0 saturated heterocycles. The minimum absolute atomic E-state index is 0.0139. The first kappa shape index (κ1) is 17.1. The minimum Gasteiger partial charge on any atom is -0.310 e. The zero-order chi connectivity index (χ0) is 17.9. The van der Waals surface area contributed by atoms with Gasteiger partial charge in [-0.25, -0.2) is 9.37 Å². The molecule has 0 spiro atoms. The van der Waals surface area contributed by atoms with E-state index in [1.54, 1.807) is 30.0 Å². The van der Waals surface area contributed by atoms with Crippen molar-refractivity contribution >= 4 is 35.1 Å². The van der Waals surface area contributed by atoms with Crippen molar-refractivity contribution in [2.75, 3.05) is 23.0 Å². The van der Waals surface area contributed by atoms with E-state index in [9.17, 15) is 9.18 Å². The number of halogens is 1. The van der Waals surface area contributed by atoms with Gasteiger partial charge in [0.05, 0.1) is 17.0 Å². The number of amides is 1. The summed E-state index contributed by atoms with van der Waals surface area (Å²) in [7, 11) is 0. The lowest BCUT2D eigenvalue weighted by Gasteiger charge is -2.28. The van der Waals surface area contributed by atoms with Crippen LogP contribution in [0.25, 0.3) is 11.4 Å². The molecule has 1 aliphatic heterocycles. The van der Waals surface area contributed by atoms with Gasteiger partial charge in [-0.2, -0.15) is 0 Å². The van der Waals surface area contributed by atoms with E-state index in [4.69, 9.17) is 0 Å². The number of H-pyrrole nitrogens is 1. The van der Waals surface area contributed by atoms with Gasteiger partial charge in [0, 0.05) is 17.2 Å². The Labute approximate surface area is 158 Å². The van der Waals surface area contributed by atoms with Crippen LogP contribution in [0.15, 0.2) is 58.6 Å². The zero-order valence-corrected chi connectivity index (χ0v) is 15.3. The first-order valence-electron chi connectivity index (χ1n) is 8.04. The Morgan fingerprint density at radius 3 is 2.92 bits per heavy atom. The Morgan fingerprint density at radius 2 is 2.04 bits per heavy atom. The predicted molar refractivity (Wildman–Crippen MR) is 102 cm³/mol. The molecular weight excluding hydrogens is 371 g/mol. The molecule has 26 heavy (non-hydrogen) atoms. The van der Waals surface area contributed by atoms with Crippen molar-refractivity contribution < 1.29 is 9.18 Å². The number of thioether (sulfide) groups is 2. The van der Waals surface area contributed by atoms with E-state index in [-0.39, 0.29) is 17.5 Å². The molecule has 5 nitrogen and oxygen atoms in total. The number of rotatable bonds is 4.